The molecule has 1 aliphatic heterocycles. The highest BCUT2D eigenvalue weighted by Gasteiger charge is 2.26. The van der Waals surface area contributed by atoms with Crippen molar-refractivity contribution in [2.75, 3.05) is 39.3 Å². The second-order valence-electron chi connectivity index (χ2n) is 7.99. The van der Waals surface area contributed by atoms with Gasteiger partial charge in [-0.15, -0.1) is 0 Å². The third kappa shape index (κ3) is 4.70. The van der Waals surface area contributed by atoms with Gasteiger partial charge >= 0.3 is 0 Å². The Kier molecular flexibility index (Phi) is 6.42. The highest BCUT2D eigenvalue weighted by Crippen LogP contribution is 2.24. The first kappa shape index (κ1) is 21.1. The van der Waals surface area contributed by atoms with Crippen molar-refractivity contribution in [2.45, 2.75) is 34.6 Å². The third-order valence-corrected chi connectivity index (χ3v) is 5.53. The molecule has 6 nitrogen and oxygen atoms in total. The molecule has 2 amide bonds. The van der Waals surface area contributed by atoms with Crippen LogP contribution in [0.25, 0.3) is 5.69 Å². The zero-order valence-corrected chi connectivity index (χ0v) is 18.2. The number of nitrogens with one attached hydrogen (secondary N) is 1. The van der Waals surface area contributed by atoms with Gasteiger partial charge in [0.15, 0.2) is 0 Å². The van der Waals surface area contributed by atoms with Crippen molar-refractivity contribution < 1.29 is 9.59 Å². The first-order valence-corrected chi connectivity index (χ1v) is 10.4. The van der Waals surface area contributed by atoms with Crippen LogP contribution in [0.3, 0.4) is 0 Å². The molecule has 0 aliphatic carbocycles. The summed E-state index contributed by atoms with van der Waals surface area (Å²) >= 11 is 0. The van der Waals surface area contributed by atoms with Crippen LogP contribution < -0.4 is 5.32 Å². The number of amides is 2. The fourth-order valence-electron chi connectivity index (χ4n) is 4.19. The van der Waals surface area contributed by atoms with Crippen LogP contribution in [0.5, 0.6) is 0 Å². The van der Waals surface area contributed by atoms with Crippen LogP contribution in [0.1, 0.15) is 39.8 Å². The van der Waals surface area contributed by atoms with Crippen molar-refractivity contribution in [3.05, 3.63) is 52.3 Å². The Balaban J connectivity index is 1.73. The number of benzene rings is 1. The Morgan fingerprint density at radius 1 is 0.931 bits per heavy atom. The Morgan fingerprint density at radius 3 is 2.14 bits per heavy atom. The average molecular weight is 397 g/mol. The highest BCUT2D eigenvalue weighted by molar-refractivity contribution is 5.96. The molecule has 1 aromatic carbocycles. The van der Waals surface area contributed by atoms with Crippen molar-refractivity contribution in [3.8, 4) is 5.69 Å². The number of carbonyl (C=O) groups excluding carboxylic acids is 2. The van der Waals surface area contributed by atoms with E-state index in [1.54, 1.807) is 0 Å². The number of nitrogens with zero attached hydrogens (tertiary/aromatic N) is 3. The minimum absolute atomic E-state index is 0.0456. The molecule has 0 bridgehead atoms. The molecule has 156 valence electrons. The second-order valence-corrected chi connectivity index (χ2v) is 7.99. The maximum Gasteiger partial charge on any atom is 0.255 e. The van der Waals surface area contributed by atoms with E-state index in [9.17, 15) is 9.59 Å². The predicted molar refractivity (Wildman–Crippen MR) is 116 cm³/mol. The molecule has 3 rings (SSSR count). The zero-order chi connectivity index (χ0) is 21.1. The number of hydrogen-bond acceptors (Lipinski definition) is 3. The van der Waals surface area contributed by atoms with E-state index in [-0.39, 0.29) is 11.8 Å². The van der Waals surface area contributed by atoms with E-state index in [1.165, 1.54) is 11.1 Å². The monoisotopic (exact) mass is 396 g/mol. The van der Waals surface area contributed by atoms with Gasteiger partial charge < -0.3 is 14.8 Å². The van der Waals surface area contributed by atoms with Gasteiger partial charge in [-0.3, -0.25) is 14.5 Å². The molecular weight excluding hydrogens is 364 g/mol. The molecule has 1 aromatic heterocycles. The molecule has 0 radical (unpaired) electrons. The standard InChI is InChI=1S/C23H32N4O2/c1-6-24-22(28)15-25-7-9-26(10-8-25)23(29)21-14-18(4)27(19(21)5)20-12-16(2)11-17(3)13-20/h11-14H,6-10,15H2,1-5H3,(H,24,28). The summed E-state index contributed by atoms with van der Waals surface area (Å²) in [7, 11) is 0. The van der Waals surface area contributed by atoms with Crippen LogP contribution in [-0.2, 0) is 4.79 Å². The quantitative estimate of drug-likeness (QED) is 0.845. The summed E-state index contributed by atoms with van der Waals surface area (Å²) in [5.74, 6) is 0.121. The topological polar surface area (TPSA) is 57.6 Å². The van der Waals surface area contributed by atoms with E-state index in [4.69, 9.17) is 0 Å². The van der Waals surface area contributed by atoms with Crippen LogP contribution in [0.4, 0.5) is 0 Å². The van der Waals surface area contributed by atoms with Crippen molar-refractivity contribution in [3.63, 3.8) is 0 Å². The summed E-state index contributed by atoms with van der Waals surface area (Å²) < 4.78 is 2.17. The predicted octanol–water partition coefficient (Wildman–Crippen LogP) is 2.60. The molecule has 1 aliphatic rings. The van der Waals surface area contributed by atoms with E-state index < -0.39 is 0 Å². The molecule has 0 saturated carbocycles. The lowest BCUT2D eigenvalue weighted by Gasteiger charge is -2.34. The normalized spacial score (nSPS) is 14.9. The first-order chi connectivity index (χ1) is 13.8. The Hall–Kier alpha value is -2.60. The van der Waals surface area contributed by atoms with Gasteiger partial charge in [-0.1, -0.05) is 6.07 Å². The number of rotatable bonds is 5. The van der Waals surface area contributed by atoms with E-state index in [2.05, 4.69) is 46.8 Å². The molecule has 0 unspecified atom stereocenters. The molecule has 1 N–H and O–H groups in total. The number of piperazine rings is 1. The number of hydrogen-bond donors (Lipinski definition) is 1. The fourth-order valence-corrected chi connectivity index (χ4v) is 4.19. The number of carbonyl (C=O) groups is 2. The lowest BCUT2D eigenvalue weighted by atomic mass is 10.1. The second kappa shape index (κ2) is 8.82. The molecule has 2 aromatic rings. The molecule has 2 heterocycles. The van der Waals surface area contributed by atoms with E-state index in [0.717, 1.165) is 35.7 Å². The Morgan fingerprint density at radius 2 is 1.55 bits per heavy atom. The summed E-state index contributed by atoms with van der Waals surface area (Å²) in [6.45, 7) is 13.9. The third-order valence-electron chi connectivity index (χ3n) is 5.53. The lowest BCUT2D eigenvalue weighted by molar-refractivity contribution is -0.122. The largest absolute Gasteiger partial charge is 0.355 e. The van der Waals surface area contributed by atoms with Crippen molar-refractivity contribution >= 4 is 11.8 Å². The van der Waals surface area contributed by atoms with Crippen molar-refractivity contribution in [1.29, 1.82) is 0 Å². The number of aromatic nitrogens is 1. The number of likely N-dealkylation sites (N-methyl/N-ethyl adjacent to an activating group) is 1. The van der Waals surface area contributed by atoms with Crippen LogP contribution in [0.2, 0.25) is 0 Å². The molecule has 0 spiro atoms. The maximum atomic E-state index is 13.2. The van der Waals surface area contributed by atoms with Gasteiger partial charge in [0.1, 0.15) is 0 Å². The van der Waals surface area contributed by atoms with Crippen LogP contribution >= 0.6 is 0 Å². The summed E-state index contributed by atoms with van der Waals surface area (Å²) in [6, 6.07) is 8.46. The van der Waals surface area contributed by atoms with E-state index in [0.29, 0.717) is 26.2 Å². The van der Waals surface area contributed by atoms with Crippen molar-refractivity contribution in [2.24, 2.45) is 0 Å². The van der Waals surface area contributed by atoms with E-state index in [1.807, 2.05) is 31.7 Å². The lowest BCUT2D eigenvalue weighted by Crippen LogP contribution is -2.51. The van der Waals surface area contributed by atoms with Crippen LogP contribution in [-0.4, -0.2) is 65.4 Å². The summed E-state index contributed by atoms with van der Waals surface area (Å²) in [5, 5.41) is 2.83. The van der Waals surface area contributed by atoms with Crippen LogP contribution in [0.15, 0.2) is 24.3 Å². The van der Waals surface area contributed by atoms with Crippen molar-refractivity contribution in [1.82, 2.24) is 19.7 Å². The zero-order valence-electron chi connectivity index (χ0n) is 18.2. The van der Waals surface area contributed by atoms with Gasteiger partial charge in [-0.25, -0.2) is 0 Å². The molecular formula is C23H32N4O2. The smallest absolute Gasteiger partial charge is 0.255 e. The van der Waals surface area contributed by atoms with Gasteiger partial charge in [-0.2, -0.15) is 0 Å². The summed E-state index contributed by atoms with van der Waals surface area (Å²) in [5.41, 5.74) is 6.32. The molecule has 0 atom stereocenters. The minimum Gasteiger partial charge on any atom is -0.355 e. The van der Waals surface area contributed by atoms with Gasteiger partial charge in [0, 0.05) is 49.8 Å². The first-order valence-electron chi connectivity index (χ1n) is 10.4. The van der Waals surface area contributed by atoms with Gasteiger partial charge in [0.25, 0.3) is 5.91 Å². The minimum atomic E-state index is 0.0456. The average Bonchev–Trinajstić information content (AvgIpc) is 2.95. The van der Waals surface area contributed by atoms with Crippen LogP contribution in [0, 0.1) is 27.7 Å². The maximum absolute atomic E-state index is 13.2. The Labute approximate surface area is 173 Å². The molecule has 1 fully saturated rings. The van der Waals surface area contributed by atoms with Gasteiger partial charge in [0.2, 0.25) is 5.91 Å². The highest BCUT2D eigenvalue weighted by atomic mass is 16.2. The number of aryl methyl sites for hydroxylation is 3. The molecule has 6 heteroatoms. The molecule has 1 saturated heterocycles. The Bertz CT molecular complexity index is 888. The summed E-state index contributed by atoms with van der Waals surface area (Å²) in [6.07, 6.45) is 0. The van der Waals surface area contributed by atoms with E-state index >= 15 is 0 Å². The fraction of sp³-hybridized carbons (Fsp3) is 0.478. The SMILES string of the molecule is CCNC(=O)CN1CCN(C(=O)c2cc(C)n(-c3cc(C)cc(C)c3)c2C)CC1. The summed E-state index contributed by atoms with van der Waals surface area (Å²) in [4.78, 5) is 29.0. The van der Waals surface area contributed by atoms with Gasteiger partial charge in [-0.05, 0) is 63.9 Å². The van der Waals surface area contributed by atoms with Gasteiger partial charge in [0.05, 0.1) is 12.1 Å². The molecule has 29 heavy (non-hydrogen) atoms.